The molecule has 0 saturated heterocycles. The van der Waals surface area contributed by atoms with Gasteiger partial charge in [0, 0.05) is 12.7 Å². The molecule has 0 unspecified atom stereocenters. The van der Waals surface area contributed by atoms with Crippen molar-refractivity contribution < 1.29 is 9.84 Å². The third-order valence-electron chi connectivity index (χ3n) is 5.25. The van der Waals surface area contributed by atoms with Crippen LogP contribution in [0.2, 0.25) is 0 Å². The van der Waals surface area contributed by atoms with Crippen molar-refractivity contribution in [1.29, 1.82) is 0 Å². The Morgan fingerprint density at radius 3 is 2.52 bits per heavy atom. The lowest BCUT2D eigenvalue weighted by Crippen LogP contribution is -2.22. The van der Waals surface area contributed by atoms with Crippen molar-refractivity contribution in [3.05, 3.63) is 77.3 Å². The van der Waals surface area contributed by atoms with Crippen molar-refractivity contribution in [1.82, 2.24) is 23.7 Å². The van der Waals surface area contributed by atoms with E-state index in [0.717, 1.165) is 16.6 Å². The lowest BCUT2D eigenvalue weighted by atomic mass is 10.3. The fraction of sp³-hybridized carbons (Fsp3) is 0.174. The van der Waals surface area contributed by atoms with Gasteiger partial charge in [0.25, 0.3) is 0 Å². The molecule has 0 aliphatic carbocycles. The summed E-state index contributed by atoms with van der Waals surface area (Å²) in [5, 5.41) is 9.44. The molecule has 3 aromatic heterocycles. The number of hydrogen-bond donors (Lipinski definition) is 1. The van der Waals surface area contributed by atoms with Crippen LogP contribution in [0.1, 0.15) is 6.92 Å². The van der Waals surface area contributed by atoms with Crippen molar-refractivity contribution in [2.24, 2.45) is 0 Å². The van der Waals surface area contributed by atoms with Crippen LogP contribution in [0.4, 0.5) is 0 Å². The van der Waals surface area contributed by atoms with E-state index < -0.39 is 0 Å². The number of fused-ring (bicyclic) bond motifs is 2. The van der Waals surface area contributed by atoms with Gasteiger partial charge in [-0.25, -0.2) is 14.3 Å². The highest BCUT2D eigenvalue weighted by atomic mass is 16.5. The molecule has 5 aromatic rings. The van der Waals surface area contributed by atoms with Crippen molar-refractivity contribution in [3.8, 4) is 17.4 Å². The Bertz CT molecular complexity index is 1430. The second-order valence-electron chi connectivity index (χ2n) is 7.06. The Morgan fingerprint density at radius 1 is 0.968 bits per heavy atom. The summed E-state index contributed by atoms with van der Waals surface area (Å²) in [6.07, 6.45) is 1.68. The fourth-order valence-electron chi connectivity index (χ4n) is 3.84. The molecule has 0 saturated carbocycles. The van der Waals surface area contributed by atoms with Gasteiger partial charge in [-0.2, -0.15) is 4.98 Å². The molecule has 0 amide bonds. The minimum atomic E-state index is -0.130. The number of aromatic nitrogens is 5. The molecule has 0 fully saturated rings. The van der Waals surface area contributed by atoms with Crippen LogP contribution in [-0.4, -0.2) is 35.4 Å². The SMILES string of the molecule is CCn1c(=O)n(-c2ccc(Oc3nc4ccccc4n3CCO)cc2)c2ncccc21. The summed E-state index contributed by atoms with van der Waals surface area (Å²) in [6.45, 7) is 2.86. The van der Waals surface area contributed by atoms with Gasteiger partial charge < -0.3 is 9.84 Å². The van der Waals surface area contributed by atoms with E-state index in [1.54, 1.807) is 27.5 Å². The van der Waals surface area contributed by atoms with Crippen LogP contribution in [0.5, 0.6) is 11.8 Å². The molecule has 0 aliphatic heterocycles. The smallest absolute Gasteiger partial charge is 0.334 e. The standard InChI is InChI=1S/C23H21N5O3/c1-2-26-20-8-5-13-24-21(20)28(23(26)30)16-9-11-17(12-10-16)31-22-25-18-6-3-4-7-19(18)27(22)14-15-29/h3-13,29H,2,14-15H2,1H3. The molecule has 2 aromatic carbocycles. The molecule has 5 rings (SSSR count). The highest BCUT2D eigenvalue weighted by molar-refractivity contribution is 5.77. The van der Waals surface area contributed by atoms with Crippen LogP contribution in [0.3, 0.4) is 0 Å². The molecule has 3 heterocycles. The number of aryl methyl sites for hydroxylation is 1. The van der Waals surface area contributed by atoms with Gasteiger partial charge in [0.2, 0.25) is 0 Å². The zero-order chi connectivity index (χ0) is 21.4. The maximum absolute atomic E-state index is 12.9. The summed E-state index contributed by atoms with van der Waals surface area (Å²) in [5.41, 5.74) is 3.69. The van der Waals surface area contributed by atoms with Gasteiger partial charge in [-0.15, -0.1) is 0 Å². The number of aliphatic hydroxyl groups excluding tert-OH is 1. The molecule has 0 spiro atoms. The molecule has 0 atom stereocenters. The largest absolute Gasteiger partial charge is 0.425 e. The highest BCUT2D eigenvalue weighted by Crippen LogP contribution is 2.27. The lowest BCUT2D eigenvalue weighted by Gasteiger charge is -2.09. The number of hydrogen-bond acceptors (Lipinski definition) is 5. The van der Waals surface area contributed by atoms with Crippen molar-refractivity contribution in [2.45, 2.75) is 20.0 Å². The van der Waals surface area contributed by atoms with Gasteiger partial charge in [0.1, 0.15) is 5.75 Å². The van der Waals surface area contributed by atoms with Crippen molar-refractivity contribution in [3.63, 3.8) is 0 Å². The third kappa shape index (κ3) is 3.17. The van der Waals surface area contributed by atoms with Crippen LogP contribution in [-0.2, 0) is 13.1 Å². The van der Waals surface area contributed by atoms with Gasteiger partial charge in [0.05, 0.1) is 35.4 Å². The van der Waals surface area contributed by atoms with Crippen LogP contribution in [0.15, 0.2) is 71.7 Å². The van der Waals surface area contributed by atoms with Crippen molar-refractivity contribution in [2.75, 3.05) is 6.61 Å². The van der Waals surface area contributed by atoms with E-state index in [2.05, 4.69) is 9.97 Å². The van der Waals surface area contributed by atoms with Gasteiger partial charge >= 0.3 is 11.7 Å². The first-order valence-electron chi connectivity index (χ1n) is 10.1. The molecular formula is C23H21N5O3. The number of pyridine rings is 1. The maximum Gasteiger partial charge on any atom is 0.334 e. The quantitative estimate of drug-likeness (QED) is 0.460. The monoisotopic (exact) mass is 415 g/mol. The number of imidazole rings is 2. The molecular weight excluding hydrogens is 394 g/mol. The summed E-state index contributed by atoms with van der Waals surface area (Å²) < 4.78 is 11.2. The summed E-state index contributed by atoms with van der Waals surface area (Å²) >= 11 is 0. The number of aliphatic hydroxyl groups is 1. The van der Waals surface area contributed by atoms with Crippen LogP contribution in [0, 0.1) is 0 Å². The van der Waals surface area contributed by atoms with Gasteiger partial charge in [0.15, 0.2) is 5.65 Å². The van der Waals surface area contributed by atoms with Gasteiger partial charge in [-0.05, 0) is 55.5 Å². The predicted octanol–water partition coefficient (Wildman–Crippen LogP) is 3.34. The average Bonchev–Trinajstić information content (AvgIpc) is 3.28. The van der Waals surface area contributed by atoms with E-state index in [4.69, 9.17) is 4.74 Å². The Morgan fingerprint density at radius 2 is 1.74 bits per heavy atom. The minimum absolute atomic E-state index is 0.0208. The Hall–Kier alpha value is -3.91. The number of rotatable bonds is 6. The summed E-state index contributed by atoms with van der Waals surface area (Å²) in [5.74, 6) is 0.582. The summed E-state index contributed by atoms with van der Waals surface area (Å²) in [4.78, 5) is 21.9. The van der Waals surface area contributed by atoms with Gasteiger partial charge in [-0.3, -0.25) is 9.13 Å². The Labute approximate surface area is 177 Å². The van der Waals surface area contributed by atoms with Crippen LogP contribution >= 0.6 is 0 Å². The van der Waals surface area contributed by atoms with E-state index in [1.165, 1.54) is 0 Å². The van der Waals surface area contributed by atoms with E-state index in [9.17, 15) is 9.90 Å². The molecule has 0 aliphatic rings. The Balaban J connectivity index is 1.52. The molecule has 0 radical (unpaired) electrons. The topological polar surface area (TPSA) is 87.1 Å². The first kappa shape index (κ1) is 19.1. The third-order valence-corrected chi connectivity index (χ3v) is 5.25. The van der Waals surface area contributed by atoms with E-state index in [0.29, 0.717) is 36.2 Å². The van der Waals surface area contributed by atoms with Crippen LogP contribution in [0.25, 0.3) is 27.9 Å². The normalized spacial score (nSPS) is 11.4. The lowest BCUT2D eigenvalue weighted by molar-refractivity contribution is 0.269. The zero-order valence-corrected chi connectivity index (χ0v) is 17.0. The fourth-order valence-corrected chi connectivity index (χ4v) is 3.84. The predicted molar refractivity (Wildman–Crippen MR) is 118 cm³/mol. The molecule has 8 heteroatoms. The number of para-hydroxylation sites is 2. The van der Waals surface area contributed by atoms with Crippen LogP contribution < -0.4 is 10.4 Å². The van der Waals surface area contributed by atoms with E-state index in [-0.39, 0.29) is 12.3 Å². The molecule has 1 N–H and O–H groups in total. The number of benzene rings is 2. The van der Waals surface area contributed by atoms with E-state index >= 15 is 0 Å². The highest BCUT2D eigenvalue weighted by Gasteiger charge is 2.15. The molecule has 0 bridgehead atoms. The second-order valence-corrected chi connectivity index (χ2v) is 7.06. The summed E-state index contributed by atoms with van der Waals surface area (Å²) in [6, 6.07) is 19.0. The molecule has 8 nitrogen and oxygen atoms in total. The first-order valence-corrected chi connectivity index (χ1v) is 10.1. The first-order chi connectivity index (χ1) is 15.2. The number of nitrogens with zero attached hydrogens (tertiary/aromatic N) is 5. The second kappa shape index (κ2) is 7.73. The minimum Gasteiger partial charge on any atom is -0.425 e. The average molecular weight is 415 g/mol. The van der Waals surface area contributed by atoms with Crippen molar-refractivity contribution >= 4 is 22.2 Å². The number of ether oxygens (including phenoxy) is 1. The Kier molecular flexibility index (Phi) is 4.76. The van der Waals surface area contributed by atoms with E-state index in [1.807, 2.05) is 60.0 Å². The molecule has 156 valence electrons. The summed E-state index contributed by atoms with van der Waals surface area (Å²) in [7, 11) is 0. The zero-order valence-electron chi connectivity index (χ0n) is 17.0. The van der Waals surface area contributed by atoms with Gasteiger partial charge in [-0.1, -0.05) is 12.1 Å². The maximum atomic E-state index is 12.9. The molecule has 31 heavy (non-hydrogen) atoms.